The minimum absolute atomic E-state index is 0.824. The van der Waals surface area contributed by atoms with Gasteiger partial charge >= 0.3 is 0 Å². The van der Waals surface area contributed by atoms with Crippen LogP contribution in [0.5, 0.6) is 0 Å². The second-order valence-electron chi connectivity index (χ2n) is 3.94. The SMILES string of the molecule is CC.CC.CC1CC=CC1.CC1CC=NC1. The topological polar surface area (TPSA) is 12.4 Å². The number of rotatable bonds is 0. The zero-order chi connectivity index (χ0) is 12.8. The van der Waals surface area contributed by atoms with Crippen LogP contribution in [0.25, 0.3) is 0 Å². The van der Waals surface area contributed by atoms with Crippen LogP contribution < -0.4 is 0 Å². The highest BCUT2D eigenvalue weighted by Crippen LogP contribution is 2.15. The van der Waals surface area contributed by atoms with Gasteiger partial charge in [0.15, 0.2) is 0 Å². The molecule has 0 aromatic heterocycles. The molecule has 0 saturated carbocycles. The lowest BCUT2D eigenvalue weighted by Crippen LogP contribution is -1.88. The average molecular weight is 225 g/mol. The molecule has 16 heavy (non-hydrogen) atoms. The van der Waals surface area contributed by atoms with Crippen molar-refractivity contribution in [3.05, 3.63) is 12.2 Å². The van der Waals surface area contributed by atoms with Crippen LogP contribution >= 0.6 is 0 Å². The normalized spacial score (nSPS) is 21.2. The Balaban J connectivity index is 0. The number of hydrogen-bond acceptors (Lipinski definition) is 1. The van der Waals surface area contributed by atoms with E-state index in [1.165, 1.54) is 19.3 Å². The molecule has 2 rings (SSSR count). The molecule has 0 saturated heterocycles. The van der Waals surface area contributed by atoms with Crippen molar-refractivity contribution < 1.29 is 0 Å². The maximum atomic E-state index is 4.04. The molecule has 0 fully saturated rings. The van der Waals surface area contributed by atoms with Crippen LogP contribution in [0.2, 0.25) is 0 Å². The second kappa shape index (κ2) is 14.4. The summed E-state index contributed by atoms with van der Waals surface area (Å²) in [6.07, 6.45) is 10.3. The van der Waals surface area contributed by atoms with Gasteiger partial charge in [0.05, 0.1) is 0 Å². The molecule has 0 radical (unpaired) electrons. The molecule has 0 bridgehead atoms. The summed E-state index contributed by atoms with van der Waals surface area (Å²) >= 11 is 0. The second-order valence-corrected chi connectivity index (χ2v) is 3.94. The first-order chi connectivity index (χ1) is 7.79. The first kappa shape index (κ1) is 17.8. The molecule has 0 aromatic rings. The van der Waals surface area contributed by atoms with Gasteiger partial charge in [0, 0.05) is 6.54 Å². The summed E-state index contributed by atoms with van der Waals surface area (Å²) in [5, 5.41) is 0. The first-order valence-electron chi connectivity index (χ1n) is 6.92. The van der Waals surface area contributed by atoms with Crippen LogP contribution in [0.1, 0.15) is 60.8 Å². The Morgan fingerprint density at radius 2 is 1.31 bits per heavy atom. The van der Waals surface area contributed by atoms with Crippen molar-refractivity contribution in [3.63, 3.8) is 0 Å². The minimum Gasteiger partial charge on any atom is -0.297 e. The molecule has 1 aliphatic carbocycles. The van der Waals surface area contributed by atoms with Crippen molar-refractivity contribution in [3.8, 4) is 0 Å². The van der Waals surface area contributed by atoms with Crippen LogP contribution in [-0.2, 0) is 0 Å². The predicted molar refractivity (Wildman–Crippen MR) is 77.4 cm³/mol. The van der Waals surface area contributed by atoms with E-state index in [1.807, 2.05) is 33.9 Å². The first-order valence-corrected chi connectivity index (χ1v) is 6.92. The molecule has 1 nitrogen and oxygen atoms in total. The van der Waals surface area contributed by atoms with Crippen LogP contribution in [0.4, 0.5) is 0 Å². The molecule has 1 heterocycles. The lowest BCUT2D eigenvalue weighted by atomic mass is 10.1. The van der Waals surface area contributed by atoms with E-state index in [1.54, 1.807) is 0 Å². The maximum Gasteiger partial charge on any atom is 0.0414 e. The van der Waals surface area contributed by atoms with Crippen molar-refractivity contribution in [1.82, 2.24) is 0 Å². The molecule has 1 atom stereocenters. The van der Waals surface area contributed by atoms with Crippen molar-refractivity contribution in [2.45, 2.75) is 60.8 Å². The quantitative estimate of drug-likeness (QED) is 0.507. The largest absolute Gasteiger partial charge is 0.297 e. The highest BCUT2D eigenvalue weighted by molar-refractivity contribution is 5.59. The average Bonchev–Trinajstić information content (AvgIpc) is 2.98. The highest BCUT2D eigenvalue weighted by atomic mass is 14.7. The van der Waals surface area contributed by atoms with Gasteiger partial charge in [-0.15, -0.1) is 0 Å². The molecule has 1 aliphatic heterocycles. The van der Waals surface area contributed by atoms with Crippen molar-refractivity contribution >= 4 is 6.21 Å². The fourth-order valence-corrected chi connectivity index (χ4v) is 1.34. The predicted octanol–water partition coefficient (Wildman–Crippen LogP) is 5.12. The molecular formula is C15H31N. The van der Waals surface area contributed by atoms with E-state index < -0.39 is 0 Å². The third kappa shape index (κ3) is 11.5. The van der Waals surface area contributed by atoms with E-state index in [9.17, 15) is 0 Å². The van der Waals surface area contributed by atoms with Gasteiger partial charge in [-0.3, -0.25) is 4.99 Å². The van der Waals surface area contributed by atoms with E-state index in [-0.39, 0.29) is 0 Å². The maximum absolute atomic E-state index is 4.04. The Kier molecular flexibility index (Phi) is 16.0. The highest BCUT2D eigenvalue weighted by Gasteiger charge is 2.01. The lowest BCUT2D eigenvalue weighted by molar-refractivity contribution is 0.638. The third-order valence-corrected chi connectivity index (χ3v) is 2.30. The van der Waals surface area contributed by atoms with E-state index in [2.05, 4.69) is 31.0 Å². The van der Waals surface area contributed by atoms with E-state index in [0.29, 0.717) is 0 Å². The Morgan fingerprint density at radius 1 is 0.812 bits per heavy atom. The molecule has 96 valence electrons. The van der Waals surface area contributed by atoms with Crippen LogP contribution in [0.15, 0.2) is 17.1 Å². The summed E-state index contributed by atoms with van der Waals surface area (Å²) in [6, 6.07) is 0. The molecule has 0 N–H and O–H groups in total. The molecule has 0 amide bonds. The van der Waals surface area contributed by atoms with Gasteiger partial charge < -0.3 is 0 Å². The number of hydrogen-bond donors (Lipinski definition) is 0. The van der Waals surface area contributed by atoms with E-state index in [4.69, 9.17) is 0 Å². The van der Waals surface area contributed by atoms with Gasteiger partial charge in [-0.1, -0.05) is 53.7 Å². The van der Waals surface area contributed by atoms with Gasteiger partial charge in [-0.25, -0.2) is 0 Å². The summed E-state index contributed by atoms with van der Waals surface area (Å²) in [4.78, 5) is 4.04. The third-order valence-electron chi connectivity index (χ3n) is 2.30. The molecule has 2 aliphatic rings. The van der Waals surface area contributed by atoms with Crippen LogP contribution in [-0.4, -0.2) is 12.8 Å². The molecule has 0 aromatic carbocycles. The fraction of sp³-hybridized carbons (Fsp3) is 0.800. The minimum atomic E-state index is 0.824. The Bertz CT molecular complexity index is 134. The Morgan fingerprint density at radius 3 is 1.44 bits per heavy atom. The monoisotopic (exact) mass is 225 g/mol. The van der Waals surface area contributed by atoms with Crippen LogP contribution in [0, 0.1) is 11.8 Å². The Labute approximate surface area is 103 Å². The van der Waals surface area contributed by atoms with Crippen molar-refractivity contribution in [2.75, 3.05) is 6.54 Å². The summed E-state index contributed by atoms with van der Waals surface area (Å²) in [5.74, 6) is 1.76. The van der Waals surface area contributed by atoms with Crippen molar-refractivity contribution in [1.29, 1.82) is 0 Å². The number of allylic oxidation sites excluding steroid dienone is 2. The molecule has 1 heteroatoms. The fourth-order valence-electron chi connectivity index (χ4n) is 1.34. The van der Waals surface area contributed by atoms with E-state index >= 15 is 0 Å². The van der Waals surface area contributed by atoms with Gasteiger partial charge in [0.1, 0.15) is 0 Å². The van der Waals surface area contributed by atoms with E-state index in [0.717, 1.165) is 18.4 Å². The molecular weight excluding hydrogens is 194 g/mol. The standard InChI is InChI=1S/C6H10.C5H9N.2C2H6/c1-6-4-2-3-5-6;1-5-2-3-6-4-5;2*1-2/h2-3,6H,4-5H2,1H3;3,5H,2,4H2,1H3;2*1-2H3. The van der Waals surface area contributed by atoms with Crippen molar-refractivity contribution in [2.24, 2.45) is 16.8 Å². The summed E-state index contributed by atoms with van der Waals surface area (Å²) < 4.78 is 0. The zero-order valence-electron chi connectivity index (χ0n) is 12.2. The smallest absolute Gasteiger partial charge is 0.0414 e. The van der Waals surface area contributed by atoms with Gasteiger partial charge in [-0.05, 0) is 37.3 Å². The zero-order valence-corrected chi connectivity index (χ0v) is 12.2. The summed E-state index contributed by atoms with van der Waals surface area (Å²) in [6.45, 7) is 13.5. The van der Waals surface area contributed by atoms with Crippen LogP contribution in [0.3, 0.4) is 0 Å². The Hall–Kier alpha value is -0.590. The lowest BCUT2D eigenvalue weighted by Gasteiger charge is -1.92. The van der Waals surface area contributed by atoms with Gasteiger partial charge in [0.25, 0.3) is 0 Å². The summed E-state index contributed by atoms with van der Waals surface area (Å²) in [5.41, 5.74) is 0. The molecule has 0 spiro atoms. The summed E-state index contributed by atoms with van der Waals surface area (Å²) in [7, 11) is 0. The number of aliphatic imine (C=N–C) groups is 1. The molecule has 1 unspecified atom stereocenters. The number of nitrogens with zero attached hydrogens (tertiary/aromatic N) is 1. The van der Waals surface area contributed by atoms with Gasteiger partial charge in [-0.2, -0.15) is 0 Å². The van der Waals surface area contributed by atoms with Gasteiger partial charge in [0.2, 0.25) is 0 Å².